The molecule has 0 bridgehead atoms. The van der Waals surface area contributed by atoms with Crippen molar-refractivity contribution in [3.63, 3.8) is 0 Å². The van der Waals surface area contributed by atoms with Crippen molar-refractivity contribution in [1.82, 2.24) is 4.90 Å². The lowest BCUT2D eigenvalue weighted by atomic mass is 9.98. The molecule has 1 aliphatic heterocycles. The molecule has 2 unspecified atom stereocenters. The molecule has 0 saturated carbocycles. The second-order valence-electron chi connectivity index (χ2n) is 5.36. The van der Waals surface area contributed by atoms with Crippen LogP contribution >= 0.6 is 0 Å². The monoisotopic (exact) mass is 262 g/mol. The third kappa shape index (κ3) is 3.17. The van der Waals surface area contributed by atoms with E-state index in [9.17, 15) is 4.79 Å². The van der Waals surface area contributed by atoms with Crippen molar-refractivity contribution < 1.29 is 4.79 Å². The first kappa shape index (κ1) is 13.7. The lowest BCUT2D eigenvalue weighted by Crippen LogP contribution is -2.42. The second kappa shape index (κ2) is 5.48. The van der Waals surface area contributed by atoms with Gasteiger partial charge in [0.15, 0.2) is 0 Å². The van der Waals surface area contributed by atoms with E-state index in [1.807, 2.05) is 6.07 Å². The van der Waals surface area contributed by atoms with Gasteiger partial charge in [-0.15, -0.1) is 0 Å². The first-order valence-electron chi connectivity index (χ1n) is 6.63. The number of anilines is 2. The molecule has 5 nitrogen and oxygen atoms in total. The highest BCUT2D eigenvalue weighted by molar-refractivity contribution is 5.94. The molecule has 0 aromatic heterocycles. The van der Waals surface area contributed by atoms with Gasteiger partial charge in [-0.2, -0.15) is 0 Å². The minimum atomic E-state index is -0.453. The van der Waals surface area contributed by atoms with Crippen LogP contribution in [0.2, 0.25) is 0 Å². The van der Waals surface area contributed by atoms with E-state index in [4.69, 9.17) is 11.5 Å². The Kier molecular flexibility index (Phi) is 3.95. The number of nitrogens with zero attached hydrogens (tertiary/aromatic N) is 1. The number of benzene rings is 1. The van der Waals surface area contributed by atoms with Gasteiger partial charge in [-0.3, -0.25) is 4.79 Å². The lowest BCUT2D eigenvalue weighted by molar-refractivity contribution is 0.100. The Morgan fingerprint density at radius 1 is 1.47 bits per heavy atom. The molecule has 1 aliphatic rings. The van der Waals surface area contributed by atoms with Gasteiger partial charge in [-0.1, -0.05) is 0 Å². The van der Waals surface area contributed by atoms with Gasteiger partial charge in [-0.05, 0) is 45.0 Å². The number of likely N-dealkylation sites (tertiary alicyclic amines) is 1. The van der Waals surface area contributed by atoms with Gasteiger partial charge < -0.3 is 21.7 Å². The Morgan fingerprint density at radius 2 is 2.21 bits per heavy atom. The number of hydrogen-bond acceptors (Lipinski definition) is 4. The van der Waals surface area contributed by atoms with Gasteiger partial charge in [0.25, 0.3) is 0 Å². The van der Waals surface area contributed by atoms with E-state index in [1.54, 1.807) is 12.1 Å². The topological polar surface area (TPSA) is 84.4 Å². The highest BCUT2D eigenvalue weighted by Gasteiger charge is 2.22. The summed E-state index contributed by atoms with van der Waals surface area (Å²) < 4.78 is 0. The molecule has 1 saturated heterocycles. The van der Waals surface area contributed by atoms with Crippen molar-refractivity contribution in [1.29, 1.82) is 0 Å². The summed E-state index contributed by atoms with van der Waals surface area (Å²) in [4.78, 5) is 13.4. The Bertz CT molecular complexity index is 475. The van der Waals surface area contributed by atoms with E-state index >= 15 is 0 Å². The first-order chi connectivity index (χ1) is 8.97. The number of primary amides is 1. The Labute approximate surface area is 113 Å². The van der Waals surface area contributed by atoms with Crippen LogP contribution in [-0.2, 0) is 0 Å². The summed E-state index contributed by atoms with van der Waals surface area (Å²) in [5, 5.41) is 3.46. The number of carbonyl (C=O) groups excluding carboxylic acids is 1. The third-order valence-corrected chi connectivity index (χ3v) is 3.90. The average molecular weight is 262 g/mol. The standard InChI is InChI=1S/C14H22N4O/c1-9-7-11(5-6-18(9)2)17-13-4-3-10(14(16)19)8-12(13)15/h3-4,8-9,11,17H,5-7,15H2,1-2H3,(H2,16,19). The van der Waals surface area contributed by atoms with Crippen LogP contribution in [0.1, 0.15) is 30.1 Å². The van der Waals surface area contributed by atoms with Crippen LogP contribution in [0.25, 0.3) is 0 Å². The number of piperidine rings is 1. The molecular weight excluding hydrogens is 240 g/mol. The molecule has 5 N–H and O–H groups in total. The summed E-state index contributed by atoms with van der Waals surface area (Å²) >= 11 is 0. The van der Waals surface area contributed by atoms with E-state index in [0.29, 0.717) is 23.3 Å². The number of carbonyl (C=O) groups is 1. The summed E-state index contributed by atoms with van der Waals surface area (Å²) in [6.07, 6.45) is 2.19. The van der Waals surface area contributed by atoms with Crippen LogP contribution in [0.3, 0.4) is 0 Å². The van der Waals surface area contributed by atoms with Gasteiger partial charge in [0.1, 0.15) is 0 Å². The van der Waals surface area contributed by atoms with Gasteiger partial charge in [0.2, 0.25) is 5.91 Å². The molecule has 0 aliphatic carbocycles. The molecule has 2 rings (SSSR count). The van der Waals surface area contributed by atoms with Crippen molar-refractivity contribution in [3.05, 3.63) is 23.8 Å². The zero-order valence-corrected chi connectivity index (χ0v) is 11.5. The average Bonchev–Trinajstić information content (AvgIpc) is 2.36. The molecule has 1 heterocycles. The number of nitrogens with two attached hydrogens (primary N) is 2. The molecule has 1 amide bonds. The summed E-state index contributed by atoms with van der Waals surface area (Å²) in [6.45, 7) is 3.31. The molecule has 0 spiro atoms. The zero-order valence-electron chi connectivity index (χ0n) is 11.5. The fraction of sp³-hybridized carbons (Fsp3) is 0.500. The fourth-order valence-corrected chi connectivity index (χ4v) is 2.49. The van der Waals surface area contributed by atoms with E-state index < -0.39 is 5.91 Å². The normalized spacial score (nSPS) is 24.1. The molecule has 1 fully saturated rings. The molecule has 0 radical (unpaired) electrons. The van der Waals surface area contributed by atoms with Crippen molar-refractivity contribution in [2.45, 2.75) is 31.8 Å². The summed E-state index contributed by atoms with van der Waals surface area (Å²) in [7, 11) is 2.15. The van der Waals surface area contributed by atoms with Crippen LogP contribution < -0.4 is 16.8 Å². The van der Waals surface area contributed by atoms with Gasteiger partial charge >= 0.3 is 0 Å². The van der Waals surface area contributed by atoms with Crippen molar-refractivity contribution in [2.24, 2.45) is 5.73 Å². The maximum absolute atomic E-state index is 11.1. The maximum Gasteiger partial charge on any atom is 0.248 e. The van der Waals surface area contributed by atoms with E-state index in [-0.39, 0.29) is 0 Å². The molecule has 104 valence electrons. The number of hydrogen-bond donors (Lipinski definition) is 3. The second-order valence-corrected chi connectivity index (χ2v) is 5.36. The summed E-state index contributed by atoms with van der Waals surface area (Å²) in [5.74, 6) is -0.453. The van der Waals surface area contributed by atoms with Crippen molar-refractivity contribution in [3.8, 4) is 0 Å². The van der Waals surface area contributed by atoms with Crippen LogP contribution in [0.15, 0.2) is 18.2 Å². The van der Waals surface area contributed by atoms with Gasteiger partial charge in [0.05, 0.1) is 11.4 Å². The predicted molar refractivity (Wildman–Crippen MR) is 78.1 cm³/mol. The fourth-order valence-electron chi connectivity index (χ4n) is 2.49. The van der Waals surface area contributed by atoms with Gasteiger partial charge in [0, 0.05) is 24.2 Å². The van der Waals surface area contributed by atoms with E-state index in [2.05, 4.69) is 24.2 Å². The largest absolute Gasteiger partial charge is 0.397 e. The first-order valence-corrected chi connectivity index (χ1v) is 6.63. The lowest BCUT2D eigenvalue weighted by Gasteiger charge is -2.36. The minimum absolute atomic E-state index is 0.424. The summed E-state index contributed by atoms with van der Waals surface area (Å²) in [5.41, 5.74) is 13.1. The van der Waals surface area contributed by atoms with Crippen LogP contribution in [0, 0.1) is 0 Å². The maximum atomic E-state index is 11.1. The number of rotatable bonds is 3. The molecule has 5 heteroatoms. The predicted octanol–water partition coefficient (Wildman–Crippen LogP) is 1.26. The molecule has 1 aromatic carbocycles. The smallest absolute Gasteiger partial charge is 0.248 e. The van der Waals surface area contributed by atoms with Crippen LogP contribution in [0.5, 0.6) is 0 Å². The van der Waals surface area contributed by atoms with Crippen molar-refractivity contribution in [2.75, 3.05) is 24.6 Å². The molecule has 19 heavy (non-hydrogen) atoms. The minimum Gasteiger partial charge on any atom is -0.397 e. The molecule has 1 aromatic rings. The quantitative estimate of drug-likeness (QED) is 0.716. The Balaban J connectivity index is 2.05. The number of nitrogen functional groups attached to an aromatic ring is 1. The number of amides is 1. The zero-order chi connectivity index (χ0) is 14.0. The third-order valence-electron chi connectivity index (χ3n) is 3.90. The highest BCUT2D eigenvalue weighted by atomic mass is 16.1. The Hall–Kier alpha value is -1.75. The van der Waals surface area contributed by atoms with E-state index in [0.717, 1.165) is 25.1 Å². The van der Waals surface area contributed by atoms with Crippen LogP contribution in [-0.4, -0.2) is 36.5 Å². The van der Waals surface area contributed by atoms with E-state index in [1.165, 1.54) is 0 Å². The SMILES string of the molecule is CC1CC(Nc2ccc(C(N)=O)cc2N)CCN1C. The number of nitrogens with one attached hydrogen (secondary N) is 1. The Morgan fingerprint density at radius 3 is 2.79 bits per heavy atom. The summed E-state index contributed by atoms with van der Waals surface area (Å²) in [6, 6.07) is 6.16. The highest BCUT2D eigenvalue weighted by Crippen LogP contribution is 2.24. The van der Waals surface area contributed by atoms with Gasteiger partial charge in [-0.25, -0.2) is 0 Å². The van der Waals surface area contributed by atoms with Crippen molar-refractivity contribution >= 4 is 17.3 Å². The molecular formula is C14H22N4O. The molecule has 2 atom stereocenters. The van der Waals surface area contributed by atoms with Crippen LogP contribution in [0.4, 0.5) is 11.4 Å².